The Hall–Kier alpha value is 0.580. The van der Waals surface area contributed by atoms with E-state index in [9.17, 15) is 0 Å². The summed E-state index contributed by atoms with van der Waals surface area (Å²) in [4.78, 5) is 5.12. The quantitative estimate of drug-likeness (QED) is 0.406. The zero-order chi connectivity index (χ0) is 17.4. The second-order valence-corrected chi connectivity index (χ2v) is 22.8. The number of fused-ring (bicyclic) bond motifs is 2. The van der Waals surface area contributed by atoms with Crippen LogP contribution >= 0.6 is 49.0 Å². The van der Waals surface area contributed by atoms with Crippen LogP contribution in [0.5, 0.6) is 0 Å². The van der Waals surface area contributed by atoms with Gasteiger partial charge in [-0.3, -0.25) is 0 Å². The van der Waals surface area contributed by atoms with E-state index in [1.807, 2.05) is 11.8 Å². The minimum atomic E-state index is 0.530. The van der Waals surface area contributed by atoms with Gasteiger partial charge in [-0.15, -0.1) is 0 Å². The van der Waals surface area contributed by atoms with Gasteiger partial charge in [0.05, 0.1) is 11.4 Å². The molecule has 0 saturated carbocycles. The van der Waals surface area contributed by atoms with Gasteiger partial charge in [-0.1, -0.05) is 37.7 Å². The Bertz CT molecular complexity index is 646. The fourth-order valence-corrected chi connectivity index (χ4v) is 3.75. The van der Waals surface area contributed by atoms with Gasteiger partial charge in [0.1, 0.15) is 0 Å². The molecule has 0 spiro atoms. The predicted molar refractivity (Wildman–Crippen MR) is 121 cm³/mol. The summed E-state index contributed by atoms with van der Waals surface area (Å²) in [5.74, 6) is 0. The topological polar surface area (TPSA) is 15.3 Å². The van der Waals surface area contributed by atoms with Crippen molar-refractivity contribution >= 4 is 66.1 Å². The Morgan fingerprint density at radius 1 is 0.958 bits per heavy atom. The molecule has 2 aromatic carbocycles. The van der Waals surface area contributed by atoms with Crippen LogP contribution in [0.1, 0.15) is 26.7 Å². The average Bonchev–Trinajstić information content (AvgIpc) is 2.60. The molecule has 0 fully saturated rings. The average molecular weight is 679 g/mol. The molecule has 132 valence electrons. The van der Waals surface area contributed by atoms with E-state index in [0.29, 0.717) is 13.3 Å². The maximum atomic E-state index is 3.53. The van der Waals surface area contributed by atoms with Crippen molar-refractivity contribution in [2.75, 3.05) is 23.3 Å². The molecule has 2 aromatic rings. The normalized spacial score (nSPS) is 11.7. The van der Waals surface area contributed by atoms with Gasteiger partial charge in [0, 0.05) is 28.6 Å². The number of nitrogens with zero attached hydrogens (tertiary/aromatic N) is 1. The van der Waals surface area contributed by atoms with E-state index in [2.05, 4.69) is 104 Å². The molecule has 3 rings (SSSR count). The summed E-state index contributed by atoms with van der Waals surface area (Å²) in [6, 6.07) is 15.3. The molecule has 1 aliphatic heterocycles. The van der Waals surface area contributed by atoms with Crippen molar-refractivity contribution in [2.45, 2.75) is 36.5 Å². The summed E-state index contributed by atoms with van der Waals surface area (Å²) >= 11 is 7.16. The summed E-state index contributed by atoms with van der Waals surface area (Å²) in [7, 11) is 0. The van der Waals surface area contributed by atoms with Crippen LogP contribution in [0.3, 0.4) is 0 Å². The molecule has 24 heavy (non-hydrogen) atoms. The van der Waals surface area contributed by atoms with E-state index in [4.69, 9.17) is 0 Å². The molecular weight excluding hydrogens is 657 g/mol. The molecule has 1 N–H and O–H groups in total. The Morgan fingerprint density at radius 2 is 1.58 bits per heavy atom. The van der Waals surface area contributed by atoms with Crippen LogP contribution in [-0.2, 0) is 0 Å². The fraction of sp³-hybridized carbons (Fsp3) is 0.333. The van der Waals surface area contributed by atoms with Crippen molar-refractivity contribution in [3.63, 3.8) is 0 Å². The van der Waals surface area contributed by atoms with Gasteiger partial charge in [0.2, 0.25) is 0 Å². The maximum absolute atomic E-state index is 3.53. The third-order valence-corrected chi connectivity index (χ3v) is 4.83. The van der Waals surface area contributed by atoms with E-state index >= 15 is 0 Å². The number of para-hydroxylation sites is 1. The second-order valence-electron chi connectivity index (χ2n) is 5.44. The van der Waals surface area contributed by atoms with Gasteiger partial charge in [-0.05, 0) is 43.2 Å². The van der Waals surface area contributed by atoms with Crippen molar-refractivity contribution < 1.29 is 13.3 Å². The molecule has 0 bridgehead atoms. The first-order chi connectivity index (χ1) is 11.7. The van der Waals surface area contributed by atoms with Crippen LogP contribution in [-0.4, -0.2) is 13.1 Å². The number of rotatable bonds is 5. The molecule has 0 aromatic heterocycles. The SMILES string of the molecule is CCCN(CCC)c1ccc2c(c1)Sc1ccccc1N2.I[I-]I. The van der Waals surface area contributed by atoms with Gasteiger partial charge >= 0.3 is 50.5 Å². The monoisotopic (exact) mass is 679 g/mol. The van der Waals surface area contributed by atoms with Crippen LogP contribution < -0.4 is 23.5 Å². The number of hydrogen-bond acceptors (Lipinski definition) is 3. The fourth-order valence-electron chi connectivity index (χ4n) is 2.73. The van der Waals surface area contributed by atoms with Crippen molar-refractivity contribution in [1.82, 2.24) is 0 Å². The predicted octanol–water partition coefficient (Wildman–Crippen LogP) is 4.30. The van der Waals surface area contributed by atoms with E-state index in [-0.39, 0.29) is 0 Å². The van der Waals surface area contributed by atoms with E-state index in [1.54, 1.807) is 0 Å². The molecule has 0 aliphatic carbocycles. The molecule has 0 unspecified atom stereocenters. The molecule has 0 saturated heterocycles. The Kier molecular flexibility index (Phi) is 9.86. The molecule has 1 aliphatic rings. The molecule has 0 atom stereocenters. The molecule has 0 amide bonds. The summed E-state index contributed by atoms with van der Waals surface area (Å²) in [5, 5.41) is 3.53. The van der Waals surface area contributed by atoms with Crippen molar-refractivity contribution in [3.8, 4) is 0 Å². The van der Waals surface area contributed by atoms with E-state index in [1.165, 1.54) is 39.7 Å². The van der Waals surface area contributed by atoms with Gasteiger partial charge in [-0.2, -0.15) is 0 Å². The zero-order valence-electron chi connectivity index (χ0n) is 13.9. The summed E-state index contributed by atoms with van der Waals surface area (Å²) in [5.41, 5.74) is 3.77. The first-order valence-electron chi connectivity index (χ1n) is 8.03. The summed E-state index contributed by atoms with van der Waals surface area (Å²) < 4.78 is 0. The van der Waals surface area contributed by atoms with Gasteiger partial charge in [0.15, 0.2) is 0 Å². The van der Waals surface area contributed by atoms with Gasteiger partial charge < -0.3 is 10.2 Å². The zero-order valence-corrected chi connectivity index (χ0v) is 21.1. The van der Waals surface area contributed by atoms with Crippen LogP contribution in [0, 0.1) is 0 Å². The minimum absolute atomic E-state index is 0.530. The van der Waals surface area contributed by atoms with E-state index < -0.39 is 0 Å². The molecule has 0 radical (unpaired) electrons. The van der Waals surface area contributed by atoms with Crippen LogP contribution in [0.15, 0.2) is 52.3 Å². The van der Waals surface area contributed by atoms with Gasteiger partial charge in [-0.25, -0.2) is 0 Å². The number of hydrogen-bond donors (Lipinski definition) is 1. The number of halogens is 3. The molecule has 1 heterocycles. The Morgan fingerprint density at radius 3 is 2.25 bits per heavy atom. The third-order valence-electron chi connectivity index (χ3n) is 3.69. The van der Waals surface area contributed by atoms with Crippen LogP contribution in [0.4, 0.5) is 17.1 Å². The van der Waals surface area contributed by atoms with Crippen molar-refractivity contribution in [3.05, 3.63) is 42.5 Å². The van der Waals surface area contributed by atoms with Crippen LogP contribution in [0.25, 0.3) is 0 Å². The summed E-state index contributed by atoms with van der Waals surface area (Å²) in [6.07, 6.45) is 2.37. The third kappa shape index (κ3) is 5.80. The first kappa shape index (κ1) is 20.9. The van der Waals surface area contributed by atoms with E-state index in [0.717, 1.165) is 13.1 Å². The standard InChI is InChI=1S/C18H22N2S.I3/c1-3-11-20(12-4-2)14-9-10-16-18(13-14)21-17-8-6-5-7-15(17)19-16;1-3-2/h5-10,13,19H,3-4,11-12H2,1-2H3;/q;-1. The number of benzene rings is 2. The van der Waals surface area contributed by atoms with Gasteiger partial charge in [0.25, 0.3) is 0 Å². The number of nitrogens with one attached hydrogen (secondary N) is 1. The Labute approximate surface area is 179 Å². The second kappa shape index (κ2) is 11.3. The van der Waals surface area contributed by atoms with Crippen molar-refractivity contribution in [2.24, 2.45) is 0 Å². The first-order valence-corrected chi connectivity index (χ1v) is 21.4. The van der Waals surface area contributed by atoms with Crippen molar-refractivity contribution in [1.29, 1.82) is 0 Å². The number of anilines is 3. The van der Waals surface area contributed by atoms with Crippen LogP contribution in [0.2, 0.25) is 0 Å². The molecule has 6 heteroatoms. The summed E-state index contributed by atoms with van der Waals surface area (Å²) in [6.45, 7) is 6.74. The Balaban J connectivity index is 0.000000647. The molecule has 2 nitrogen and oxygen atoms in total. The molecular formula is C18H22I3N2S-.